The Bertz CT molecular complexity index is 1430. The van der Waals surface area contributed by atoms with Gasteiger partial charge in [0, 0.05) is 18.3 Å². The smallest absolute Gasteiger partial charge is 0.267 e. The first-order valence-electron chi connectivity index (χ1n) is 12.9. The highest BCUT2D eigenvalue weighted by atomic mass is 32.2. The third-order valence-electron chi connectivity index (χ3n) is 6.97. The summed E-state index contributed by atoms with van der Waals surface area (Å²) < 4.78 is 61.8. The second kappa shape index (κ2) is 11.9. The van der Waals surface area contributed by atoms with Crippen molar-refractivity contribution in [2.24, 2.45) is 5.92 Å². The molecule has 0 saturated heterocycles. The van der Waals surface area contributed by atoms with E-state index in [0.29, 0.717) is 18.3 Å². The van der Waals surface area contributed by atoms with E-state index in [-0.39, 0.29) is 26.9 Å². The van der Waals surface area contributed by atoms with Gasteiger partial charge in [0.25, 0.3) is 20.0 Å². The lowest BCUT2D eigenvalue weighted by molar-refractivity contribution is 0.305. The van der Waals surface area contributed by atoms with Gasteiger partial charge in [0.1, 0.15) is 5.69 Å². The molecule has 9 nitrogen and oxygen atoms in total. The first kappa shape index (κ1) is 28.1. The summed E-state index contributed by atoms with van der Waals surface area (Å²) in [5.74, 6) is 0.937. The molecule has 1 aromatic heterocycles. The molecular formula is C27H36N4O5S2. The molecule has 3 aromatic rings. The number of para-hydroxylation sites is 1. The molecule has 1 saturated carbocycles. The number of rotatable bonds is 11. The Kier molecular flexibility index (Phi) is 8.79. The summed E-state index contributed by atoms with van der Waals surface area (Å²) in [4.78, 5) is -0.0136. The van der Waals surface area contributed by atoms with Gasteiger partial charge >= 0.3 is 0 Å². The average Bonchev–Trinajstić information content (AvgIpc) is 3.22. The third kappa shape index (κ3) is 6.95. The van der Waals surface area contributed by atoms with Gasteiger partial charge in [-0.05, 0) is 69.0 Å². The number of aryl methyl sites for hydroxylation is 2. The molecule has 0 aliphatic heterocycles. The molecule has 3 N–H and O–H groups in total. The van der Waals surface area contributed by atoms with Crippen molar-refractivity contribution in [2.45, 2.75) is 81.7 Å². The predicted octanol–water partition coefficient (Wildman–Crippen LogP) is 5.34. The number of hydrogen-bond acceptors (Lipinski definition) is 7. The van der Waals surface area contributed by atoms with Crippen molar-refractivity contribution in [3.63, 3.8) is 0 Å². The third-order valence-corrected chi connectivity index (χ3v) is 9.97. The fourth-order valence-corrected chi connectivity index (χ4v) is 7.53. The number of nitrogens with zero attached hydrogens (tertiary/aromatic N) is 1. The SMILES string of the molecule is Cc1noc(C)c1S(=O)(=O)Nc1ccc(S(=O)(=O)Nc2ccccc2CN[C@@H](C)CC2CCCCC2)cc1. The van der Waals surface area contributed by atoms with E-state index in [1.165, 1.54) is 70.2 Å². The molecular weight excluding hydrogens is 524 g/mol. The van der Waals surface area contributed by atoms with Gasteiger partial charge in [0.05, 0.1) is 10.6 Å². The van der Waals surface area contributed by atoms with Crippen LogP contribution in [0.15, 0.2) is 62.8 Å². The molecule has 11 heteroatoms. The molecule has 0 spiro atoms. The van der Waals surface area contributed by atoms with E-state index in [1.807, 2.05) is 12.1 Å². The Labute approximate surface area is 225 Å². The van der Waals surface area contributed by atoms with Gasteiger partial charge in [-0.2, -0.15) is 0 Å². The predicted molar refractivity (Wildman–Crippen MR) is 148 cm³/mol. The molecule has 1 aliphatic carbocycles. The molecule has 1 fully saturated rings. The molecule has 0 radical (unpaired) electrons. The number of sulfonamides is 2. The van der Waals surface area contributed by atoms with E-state index in [9.17, 15) is 16.8 Å². The monoisotopic (exact) mass is 560 g/mol. The highest BCUT2D eigenvalue weighted by molar-refractivity contribution is 7.93. The largest absolute Gasteiger partial charge is 0.360 e. The van der Waals surface area contributed by atoms with E-state index in [2.05, 4.69) is 26.8 Å². The van der Waals surface area contributed by atoms with Crippen molar-refractivity contribution in [2.75, 3.05) is 9.44 Å². The zero-order valence-electron chi connectivity index (χ0n) is 22.0. The Morgan fingerprint density at radius 1 is 0.921 bits per heavy atom. The number of nitrogens with one attached hydrogen (secondary N) is 3. The van der Waals surface area contributed by atoms with Gasteiger partial charge < -0.3 is 9.84 Å². The summed E-state index contributed by atoms with van der Waals surface area (Å²) >= 11 is 0. The molecule has 0 bridgehead atoms. The maximum absolute atomic E-state index is 13.1. The minimum Gasteiger partial charge on any atom is -0.360 e. The maximum atomic E-state index is 13.1. The van der Waals surface area contributed by atoms with E-state index in [4.69, 9.17) is 4.52 Å². The van der Waals surface area contributed by atoms with Crippen LogP contribution in [-0.2, 0) is 26.6 Å². The first-order valence-corrected chi connectivity index (χ1v) is 15.9. The van der Waals surface area contributed by atoms with E-state index in [0.717, 1.165) is 17.9 Å². The first-order chi connectivity index (χ1) is 18.0. The normalized spacial score (nSPS) is 15.8. The molecule has 4 rings (SSSR count). The van der Waals surface area contributed by atoms with Gasteiger partial charge in [0.2, 0.25) is 0 Å². The second-order valence-electron chi connectivity index (χ2n) is 10.1. The summed E-state index contributed by atoms with van der Waals surface area (Å²) in [6, 6.07) is 13.2. The molecule has 38 heavy (non-hydrogen) atoms. The van der Waals surface area contributed by atoms with Crippen LogP contribution in [0.5, 0.6) is 0 Å². The molecule has 0 unspecified atom stereocenters. The Morgan fingerprint density at radius 2 is 1.61 bits per heavy atom. The zero-order chi connectivity index (χ0) is 27.3. The lowest BCUT2D eigenvalue weighted by Crippen LogP contribution is -2.29. The van der Waals surface area contributed by atoms with Crippen molar-refractivity contribution in [1.82, 2.24) is 10.5 Å². The van der Waals surface area contributed by atoms with Crippen molar-refractivity contribution in [1.29, 1.82) is 0 Å². The van der Waals surface area contributed by atoms with Crippen molar-refractivity contribution < 1.29 is 21.4 Å². The molecule has 1 heterocycles. The molecule has 1 aliphatic rings. The van der Waals surface area contributed by atoms with E-state index in [1.54, 1.807) is 12.1 Å². The molecule has 2 aromatic carbocycles. The minimum absolute atomic E-state index is 0.0196. The summed E-state index contributed by atoms with van der Waals surface area (Å²) in [5, 5.41) is 7.23. The van der Waals surface area contributed by atoms with Gasteiger partial charge in [-0.25, -0.2) is 16.8 Å². The summed E-state index contributed by atoms with van der Waals surface area (Å²) in [7, 11) is -7.83. The lowest BCUT2D eigenvalue weighted by atomic mass is 9.85. The van der Waals surface area contributed by atoms with Crippen LogP contribution < -0.4 is 14.8 Å². The highest BCUT2D eigenvalue weighted by Gasteiger charge is 2.25. The molecule has 0 amide bonds. The van der Waals surface area contributed by atoms with Gasteiger partial charge in [-0.3, -0.25) is 9.44 Å². The maximum Gasteiger partial charge on any atom is 0.267 e. The summed E-state index contributed by atoms with van der Waals surface area (Å²) in [6.45, 7) is 5.79. The zero-order valence-corrected chi connectivity index (χ0v) is 23.7. The minimum atomic E-state index is -3.94. The van der Waals surface area contributed by atoms with Crippen molar-refractivity contribution >= 4 is 31.4 Å². The van der Waals surface area contributed by atoms with Crippen LogP contribution in [0.4, 0.5) is 11.4 Å². The fourth-order valence-electron chi connectivity index (χ4n) is 5.03. The summed E-state index contributed by atoms with van der Waals surface area (Å²) in [6.07, 6.45) is 7.68. The second-order valence-corrected chi connectivity index (χ2v) is 13.4. The van der Waals surface area contributed by atoms with Crippen LogP contribution >= 0.6 is 0 Å². The lowest BCUT2D eigenvalue weighted by Gasteiger charge is -2.25. The number of anilines is 2. The Morgan fingerprint density at radius 3 is 2.26 bits per heavy atom. The fraction of sp³-hybridized carbons (Fsp3) is 0.444. The van der Waals surface area contributed by atoms with E-state index < -0.39 is 20.0 Å². The Balaban J connectivity index is 1.41. The van der Waals surface area contributed by atoms with Crippen LogP contribution in [0, 0.1) is 19.8 Å². The van der Waals surface area contributed by atoms with Crippen LogP contribution in [-0.4, -0.2) is 28.0 Å². The summed E-state index contributed by atoms with van der Waals surface area (Å²) in [5.41, 5.74) is 1.83. The standard InChI is InChI=1S/C27H36N4O5S2/c1-19(17-22-9-5-4-6-10-22)28-18-23-11-7-8-12-26(23)31-37(32,33)25-15-13-24(14-16-25)30-38(34,35)27-20(2)29-36-21(27)3/h7-8,11-16,19,22,28,30-31H,4-6,9-10,17-18H2,1-3H3/t19-/m0/s1. The van der Waals surface area contributed by atoms with Crippen LogP contribution in [0.25, 0.3) is 0 Å². The molecule has 1 atom stereocenters. The van der Waals surface area contributed by atoms with Crippen LogP contribution in [0.3, 0.4) is 0 Å². The van der Waals surface area contributed by atoms with Crippen LogP contribution in [0.1, 0.15) is 62.5 Å². The highest BCUT2D eigenvalue weighted by Crippen LogP contribution is 2.28. The number of aromatic nitrogens is 1. The van der Waals surface area contributed by atoms with E-state index >= 15 is 0 Å². The van der Waals surface area contributed by atoms with Crippen LogP contribution in [0.2, 0.25) is 0 Å². The number of benzene rings is 2. The van der Waals surface area contributed by atoms with Gasteiger partial charge in [0.15, 0.2) is 10.7 Å². The average molecular weight is 561 g/mol. The molecule has 206 valence electrons. The van der Waals surface area contributed by atoms with Gasteiger partial charge in [-0.15, -0.1) is 0 Å². The quantitative estimate of drug-likeness (QED) is 0.288. The van der Waals surface area contributed by atoms with Crippen molar-refractivity contribution in [3.8, 4) is 0 Å². The van der Waals surface area contributed by atoms with Gasteiger partial charge in [-0.1, -0.05) is 55.5 Å². The van der Waals surface area contributed by atoms with Crippen molar-refractivity contribution in [3.05, 3.63) is 65.5 Å². The number of hydrogen-bond donors (Lipinski definition) is 3. The topological polar surface area (TPSA) is 130 Å². The Hall–Kier alpha value is -2.89.